The van der Waals surface area contributed by atoms with Gasteiger partial charge < -0.3 is 15.5 Å². The highest BCUT2D eigenvalue weighted by Crippen LogP contribution is 2.59. The molecular weight excluding hydrogens is 472 g/mol. The highest BCUT2D eigenvalue weighted by Gasteiger charge is 2.82. The molecule has 0 aromatic heterocycles. The van der Waals surface area contributed by atoms with Crippen LogP contribution in [0.3, 0.4) is 0 Å². The van der Waals surface area contributed by atoms with E-state index in [1.54, 1.807) is 0 Å². The number of non-ortho nitro benzene ring substituents is 1. The van der Waals surface area contributed by atoms with E-state index in [1.807, 2.05) is 48.5 Å². The molecule has 7 rings (SSSR count). The van der Waals surface area contributed by atoms with E-state index in [2.05, 4.69) is 10.6 Å². The average Bonchev–Trinajstić information content (AvgIpc) is 3.62. The molecule has 1 unspecified atom stereocenters. The summed E-state index contributed by atoms with van der Waals surface area (Å²) in [5.74, 6) is -2.15. The van der Waals surface area contributed by atoms with Crippen molar-refractivity contribution in [2.24, 2.45) is 5.92 Å². The van der Waals surface area contributed by atoms with Gasteiger partial charge >= 0.3 is 0 Å². The number of anilines is 2. The first kappa shape index (κ1) is 21.9. The topological polar surface area (TPSA) is 123 Å². The minimum Gasteiger partial charge on any atom is -0.325 e. The van der Waals surface area contributed by atoms with E-state index in [1.165, 1.54) is 24.3 Å². The Morgan fingerprint density at radius 2 is 1.59 bits per heavy atom. The number of benzene rings is 3. The number of carbonyl (C=O) groups excluding carboxylic acids is 3. The maximum Gasteiger partial charge on any atom is 0.291 e. The Labute approximate surface area is 211 Å². The molecule has 2 amide bonds. The van der Waals surface area contributed by atoms with Gasteiger partial charge in [0.1, 0.15) is 17.4 Å². The molecule has 2 spiro atoms. The molecule has 37 heavy (non-hydrogen) atoms. The second-order valence-electron chi connectivity index (χ2n) is 10.3. The molecule has 9 nitrogen and oxygen atoms in total. The molecule has 0 saturated carbocycles. The Hall–Kier alpha value is -4.37. The lowest BCUT2D eigenvalue weighted by molar-refractivity contribution is -0.948. The van der Waals surface area contributed by atoms with Crippen LogP contribution in [0.1, 0.15) is 34.3 Å². The van der Waals surface area contributed by atoms with Crippen molar-refractivity contribution in [1.82, 2.24) is 0 Å². The summed E-state index contributed by atoms with van der Waals surface area (Å²) in [7, 11) is 0. The first-order valence-corrected chi connectivity index (χ1v) is 12.4. The predicted molar refractivity (Wildman–Crippen MR) is 133 cm³/mol. The quantitative estimate of drug-likeness (QED) is 0.292. The van der Waals surface area contributed by atoms with Gasteiger partial charge in [-0.3, -0.25) is 24.5 Å². The second-order valence-corrected chi connectivity index (χ2v) is 10.3. The third-order valence-corrected chi connectivity index (χ3v) is 8.86. The Morgan fingerprint density at radius 3 is 2.35 bits per heavy atom. The van der Waals surface area contributed by atoms with E-state index in [0.29, 0.717) is 35.5 Å². The van der Waals surface area contributed by atoms with E-state index in [-0.39, 0.29) is 29.1 Å². The number of nitrogens with one attached hydrogen (secondary N) is 3. The fourth-order valence-electron chi connectivity index (χ4n) is 7.71. The summed E-state index contributed by atoms with van der Waals surface area (Å²) in [6, 6.07) is 20.0. The van der Waals surface area contributed by atoms with Gasteiger partial charge in [-0.05, 0) is 17.7 Å². The lowest BCUT2D eigenvalue weighted by Crippen LogP contribution is -3.20. The van der Waals surface area contributed by atoms with Crippen molar-refractivity contribution in [1.29, 1.82) is 0 Å². The van der Waals surface area contributed by atoms with E-state index < -0.39 is 27.6 Å². The van der Waals surface area contributed by atoms with Gasteiger partial charge in [-0.15, -0.1) is 0 Å². The van der Waals surface area contributed by atoms with Crippen molar-refractivity contribution < 1.29 is 24.2 Å². The zero-order chi connectivity index (χ0) is 25.5. The van der Waals surface area contributed by atoms with E-state index in [4.69, 9.17) is 0 Å². The number of para-hydroxylation sites is 2. The zero-order valence-electron chi connectivity index (χ0n) is 19.7. The van der Waals surface area contributed by atoms with Crippen molar-refractivity contribution >= 4 is 34.7 Å². The number of fused-ring (bicyclic) bond motifs is 7. The van der Waals surface area contributed by atoms with Crippen molar-refractivity contribution in [3.63, 3.8) is 0 Å². The van der Waals surface area contributed by atoms with Crippen LogP contribution in [0.25, 0.3) is 0 Å². The van der Waals surface area contributed by atoms with Crippen LogP contribution in [-0.4, -0.2) is 35.1 Å². The molecule has 9 heteroatoms. The number of hydrogen-bond donors (Lipinski definition) is 3. The van der Waals surface area contributed by atoms with Crippen molar-refractivity contribution in [3.05, 3.63) is 99.6 Å². The molecule has 3 aromatic carbocycles. The second kappa shape index (κ2) is 7.33. The van der Waals surface area contributed by atoms with E-state index in [0.717, 1.165) is 11.3 Å². The minimum atomic E-state index is -1.35. The van der Waals surface area contributed by atoms with Gasteiger partial charge in [-0.1, -0.05) is 48.5 Å². The number of quaternary nitrogens is 1. The number of rotatable bonds is 3. The first-order valence-electron chi connectivity index (χ1n) is 12.4. The number of nitro groups is 1. The van der Waals surface area contributed by atoms with E-state index >= 15 is 0 Å². The largest absolute Gasteiger partial charge is 0.325 e. The smallest absolute Gasteiger partial charge is 0.291 e. The number of ketones is 1. The number of hydrogen-bond acceptors (Lipinski definition) is 5. The lowest BCUT2D eigenvalue weighted by Gasteiger charge is -2.34. The predicted octanol–water partition coefficient (Wildman–Crippen LogP) is 2.19. The van der Waals surface area contributed by atoms with Gasteiger partial charge in [0, 0.05) is 41.8 Å². The molecule has 3 N–H and O–H groups in total. The molecule has 0 radical (unpaired) electrons. The SMILES string of the molecule is O=C(c1cccc([N+](=O)[O-])c1)[C@H]1[C@]2(C(=O)Nc3ccccc32)[C@@H]2CCC[NH+]2[C@@]12C(=O)Nc1ccccc12. The molecular formula is C28H23N4O5+. The van der Waals surface area contributed by atoms with Crippen LogP contribution in [0.5, 0.6) is 0 Å². The third kappa shape index (κ3) is 2.49. The zero-order valence-corrected chi connectivity index (χ0v) is 19.7. The lowest BCUT2D eigenvalue weighted by atomic mass is 9.60. The molecule has 2 fully saturated rings. The summed E-state index contributed by atoms with van der Waals surface area (Å²) in [5, 5.41) is 17.6. The molecule has 5 atom stereocenters. The Balaban J connectivity index is 1.57. The van der Waals surface area contributed by atoms with Gasteiger partial charge in [0.25, 0.3) is 11.6 Å². The molecule has 4 aliphatic rings. The average molecular weight is 496 g/mol. The standard InChI is InChI=1S/C28H22N4O5/c33-23(16-7-5-8-17(15-16)32(36)37)24-27(18-9-1-3-11-20(18)29-25(27)34)22-13-6-14-31(22)28(24)19-10-2-4-12-21(19)30-26(28)35/h1-5,7-12,15,22,24H,6,13-14H2,(H,29,34)(H,30,35)/p+1/t22-,24-,27+,28+/m0/s1. The van der Waals surface area contributed by atoms with Crippen LogP contribution in [0.15, 0.2) is 72.8 Å². The fourth-order valence-corrected chi connectivity index (χ4v) is 7.71. The van der Waals surface area contributed by atoms with Gasteiger partial charge in [0.2, 0.25) is 11.4 Å². The monoisotopic (exact) mass is 495 g/mol. The fraction of sp³-hybridized carbons (Fsp3) is 0.250. The minimum absolute atomic E-state index is 0.118. The van der Waals surface area contributed by atoms with Gasteiger partial charge in [-0.2, -0.15) is 0 Å². The number of nitrogens with zero attached hydrogens (tertiary/aromatic N) is 1. The van der Waals surface area contributed by atoms with Gasteiger partial charge in [0.05, 0.1) is 17.2 Å². The molecule has 2 saturated heterocycles. The van der Waals surface area contributed by atoms with Gasteiger partial charge in [-0.25, -0.2) is 0 Å². The number of amides is 2. The Kier molecular flexibility index (Phi) is 4.33. The summed E-state index contributed by atoms with van der Waals surface area (Å²) in [5.41, 5.74) is -0.0829. The van der Waals surface area contributed by atoms with Crippen LogP contribution >= 0.6 is 0 Å². The Morgan fingerprint density at radius 1 is 0.919 bits per heavy atom. The summed E-state index contributed by atoms with van der Waals surface area (Å²) < 4.78 is 0. The first-order chi connectivity index (χ1) is 17.9. The maximum absolute atomic E-state index is 14.7. The number of carbonyl (C=O) groups is 3. The highest BCUT2D eigenvalue weighted by molar-refractivity contribution is 6.17. The molecule has 0 aliphatic carbocycles. The van der Waals surface area contributed by atoms with Crippen LogP contribution in [0, 0.1) is 16.0 Å². The van der Waals surface area contributed by atoms with Crippen LogP contribution in [0.2, 0.25) is 0 Å². The number of Topliss-reactive ketones (excluding diaryl/α,β-unsaturated/α-hetero) is 1. The van der Waals surface area contributed by atoms with Crippen LogP contribution in [0.4, 0.5) is 17.1 Å². The summed E-state index contributed by atoms with van der Waals surface area (Å²) in [6.45, 7) is 0.627. The van der Waals surface area contributed by atoms with Crippen molar-refractivity contribution in [2.45, 2.75) is 29.8 Å². The molecule has 4 aliphatic heterocycles. The third-order valence-electron chi connectivity index (χ3n) is 8.86. The molecule has 4 heterocycles. The van der Waals surface area contributed by atoms with Gasteiger partial charge in [0.15, 0.2) is 5.78 Å². The van der Waals surface area contributed by atoms with Crippen molar-refractivity contribution in [2.75, 3.05) is 17.2 Å². The van der Waals surface area contributed by atoms with Crippen LogP contribution in [-0.2, 0) is 20.5 Å². The summed E-state index contributed by atoms with van der Waals surface area (Å²) in [6.07, 6.45) is 1.49. The van der Waals surface area contributed by atoms with E-state index in [9.17, 15) is 24.5 Å². The molecule has 0 bridgehead atoms. The van der Waals surface area contributed by atoms with Crippen molar-refractivity contribution in [3.8, 4) is 0 Å². The number of nitro benzene ring substituents is 1. The normalized spacial score (nSPS) is 30.6. The van der Waals surface area contributed by atoms with Crippen LogP contribution < -0.4 is 15.5 Å². The Bertz CT molecular complexity index is 1470. The maximum atomic E-state index is 14.7. The molecule has 184 valence electrons. The summed E-state index contributed by atoms with van der Waals surface area (Å²) >= 11 is 0. The molecule has 3 aromatic rings. The summed E-state index contributed by atoms with van der Waals surface area (Å²) in [4.78, 5) is 54.9. The highest BCUT2D eigenvalue weighted by atomic mass is 16.6.